The van der Waals surface area contributed by atoms with Gasteiger partial charge in [0.1, 0.15) is 0 Å². The van der Waals surface area contributed by atoms with Crippen LogP contribution in [0.3, 0.4) is 0 Å². The molecular formula is C16H11ClF3N3O5. The van der Waals surface area contributed by atoms with Crippen molar-refractivity contribution in [1.82, 2.24) is 0 Å². The van der Waals surface area contributed by atoms with Gasteiger partial charge in [-0.25, -0.2) is 4.79 Å². The number of alkyl halides is 3. The molecule has 2 aromatic carbocycles. The summed E-state index contributed by atoms with van der Waals surface area (Å²) in [5.41, 5.74) is 3.43. The molecule has 0 saturated heterocycles. The van der Waals surface area contributed by atoms with Gasteiger partial charge in [-0.1, -0.05) is 11.6 Å². The topological polar surface area (TPSA) is 125 Å². The number of hydrogen-bond acceptors (Lipinski definition) is 6. The van der Waals surface area contributed by atoms with E-state index in [0.29, 0.717) is 6.07 Å². The van der Waals surface area contributed by atoms with E-state index in [1.165, 1.54) is 0 Å². The van der Waals surface area contributed by atoms with Crippen molar-refractivity contribution in [1.29, 1.82) is 0 Å². The van der Waals surface area contributed by atoms with E-state index >= 15 is 0 Å². The molecule has 0 bridgehead atoms. The third kappa shape index (κ3) is 5.10. The first-order valence-electron chi connectivity index (χ1n) is 7.36. The summed E-state index contributed by atoms with van der Waals surface area (Å²) >= 11 is 5.48. The number of nitro benzene ring substituents is 1. The van der Waals surface area contributed by atoms with Crippen molar-refractivity contribution in [3.8, 4) is 0 Å². The Labute approximate surface area is 160 Å². The number of benzene rings is 2. The van der Waals surface area contributed by atoms with Gasteiger partial charge in [0.25, 0.3) is 11.6 Å². The van der Waals surface area contributed by atoms with Crippen molar-refractivity contribution < 1.29 is 32.4 Å². The van der Waals surface area contributed by atoms with Gasteiger partial charge < -0.3 is 15.8 Å². The molecule has 148 valence electrons. The highest BCUT2D eigenvalue weighted by Gasteiger charge is 2.33. The van der Waals surface area contributed by atoms with E-state index in [9.17, 15) is 32.9 Å². The van der Waals surface area contributed by atoms with Crippen LogP contribution in [-0.2, 0) is 15.7 Å². The summed E-state index contributed by atoms with van der Waals surface area (Å²) < 4.78 is 43.1. The molecule has 12 heteroatoms. The van der Waals surface area contributed by atoms with Crippen molar-refractivity contribution >= 4 is 40.5 Å². The number of hydrogen-bond donors (Lipinski definition) is 2. The lowest BCUT2D eigenvalue weighted by Gasteiger charge is -2.12. The molecule has 3 N–H and O–H groups in total. The number of carbonyl (C=O) groups is 2. The number of nitrogens with one attached hydrogen (secondary N) is 1. The van der Waals surface area contributed by atoms with Crippen LogP contribution in [0.4, 0.5) is 30.2 Å². The number of carbonyl (C=O) groups excluding carboxylic acids is 2. The fraction of sp³-hybridized carbons (Fsp3) is 0.125. The quantitative estimate of drug-likeness (QED) is 0.331. The molecule has 1 amide bonds. The van der Waals surface area contributed by atoms with Crippen LogP contribution in [0.25, 0.3) is 0 Å². The molecule has 0 radical (unpaired) electrons. The van der Waals surface area contributed by atoms with E-state index in [1.54, 1.807) is 0 Å². The third-order valence-corrected chi connectivity index (χ3v) is 3.69. The smallest absolute Gasteiger partial charge is 0.417 e. The number of esters is 1. The maximum Gasteiger partial charge on any atom is 0.417 e. The van der Waals surface area contributed by atoms with E-state index in [2.05, 4.69) is 5.32 Å². The van der Waals surface area contributed by atoms with Gasteiger partial charge >= 0.3 is 12.1 Å². The second kappa shape index (κ2) is 8.13. The fourth-order valence-corrected chi connectivity index (χ4v) is 2.30. The normalized spacial score (nSPS) is 11.0. The van der Waals surface area contributed by atoms with Gasteiger partial charge in [0, 0.05) is 17.8 Å². The number of rotatable bonds is 5. The van der Waals surface area contributed by atoms with Crippen molar-refractivity contribution in [2.45, 2.75) is 6.18 Å². The number of anilines is 2. The summed E-state index contributed by atoms with van der Waals surface area (Å²) in [6, 6.07) is 5.77. The Hall–Kier alpha value is -3.34. The molecule has 0 fully saturated rings. The van der Waals surface area contributed by atoms with Crippen LogP contribution in [0.2, 0.25) is 5.02 Å². The Kier molecular flexibility index (Phi) is 6.09. The second-order valence-electron chi connectivity index (χ2n) is 5.35. The average molecular weight is 418 g/mol. The standard InChI is InChI=1S/C16H11ClF3N3O5/c17-12-4-1-8(5-11(12)16(18,19)20)22-14(24)7-28-15(25)10-3-2-9(23(26)27)6-13(10)21/h1-6H,7,21H2,(H,22,24). The SMILES string of the molecule is Nc1cc([N+](=O)[O-])ccc1C(=O)OCC(=O)Nc1ccc(Cl)c(C(F)(F)F)c1. The summed E-state index contributed by atoms with van der Waals surface area (Å²) in [6.07, 6.45) is -4.71. The second-order valence-corrected chi connectivity index (χ2v) is 5.75. The monoisotopic (exact) mass is 417 g/mol. The summed E-state index contributed by atoms with van der Waals surface area (Å²) in [7, 11) is 0. The van der Waals surface area contributed by atoms with Crippen molar-refractivity contribution in [2.24, 2.45) is 0 Å². The minimum Gasteiger partial charge on any atom is -0.452 e. The van der Waals surface area contributed by atoms with Crippen LogP contribution in [0.15, 0.2) is 36.4 Å². The first-order valence-corrected chi connectivity index (χ1v) is 7.74. The zero-order chi connectivity index (χ0) is 21.1. The van der Waals surface area contributed by atoms with Crippen molar-refractivity contribution in [2.75, 3.05) is 17.7 Å². The predicted molar refractivity (Wildman–Crippen MR) is 92.9 cm³/mol. The predicted octanol–water partition coefficient (Wildman–Crippen LogP) is 3.64. The van der Waals surface area contributed by atoms with E-state index in [-0.39, 0.29) is 22.6 Å². The molecule has 2 rings (SSSR count). The number of halogens is 4. The lowest BCUT2D eigenvalue weighted by Crippen LogP contribution is -2.21. The summed E-state index contributed by atoms with van der Waals surface area (Å²) in [5.74, 6) is -1.95. The van der Waals surface area contributed by atoms with Gasteiger partial charge in [-0.2, -0.15) is 13.2 Å². The van der Waals surface area contributed by atoms with Crippen molar-refractivity contribution in [3.63, 3.8) is 0 Å². The van der Waals surface area contributed by atoms with Crippen LogP contribution in [0, 0.1) is 10.1 Å². The number of amides is 1. The molecular weight excluding hydrogens is 407 g/mol. The first kappa shape index (κ1) is 21.0. The Morgan fingerprint density at radius 2 is 1.89 bits per heavy atom. The highest BCUT2D eigenvalue weighted by molar-refractivity contribution is 6.31. The van der Waals surface area contributed by atoms with Crippen LogP contribution >= 0.6 is 11.6 Å². The van der Waals surface area contributed by atoms with E-state index < -0.39 is 40.2 Å². The molecule has 0 aliphatic carbocycles. The third-order valence-electron chi connectivity index (χ3n) is 3.36. The molecule has 0 aliphatic heterocycles. The number of nitro groups is 1. The van der Waals surface area contributed by atoms with Crippen LogP contribution in [0.5, 0.6) is 0 Å². The maximum atomic E-state index is 12.8. The Morgan fingerprint density at radius 3 is 2.46 bits per heavy atom. The Balaban J connectivity index is 2.01. The van der Waals surface area contributed by atoms with Gasteiger partial charge in [-0.15, -0.1) is 0 Å². The molecule has 0 heterocycles. The zero-order valence-corrected chi connectivity index (χ0v) is 14.5. The highest BCUT2D eigenvalue weighted by Crippen LogP contribution is 2.36. The number of nitrogens with two attached hydrogens (primary N) is 1. The maximum absolute atomic E-state index is 12.8. The van der Waals surface area contributed by atoms with Gasteiger partial charge in [0.15, 0.2) is 6.61 Å². The number of non-ortho nitro benzene ring substituents is 1. The number of nitrogen functional groups attached to an aromatic ring is 1. The summed E-state index contributed by atoms with van der Waals surface area (Å²) in [4.78, 5) is 33.6. The molecule has 0 aromatic heterocycles. The molecule has 28 heavy (non-hydrogen) atoms. The molecule has 2 aromatic rings. The Morgan fingerprint density at radius 1 is 1.21 bits per heavy atom. The van der Waals surface area contributed by atoms with E-state index in [1.807, 2.05) is 0 Å². The minimum absolute atomic E-state index is 0.201. The molecule has 0 aliphatic rings. The van der Waals surface area contributed by atoms with E-state index in [0.717, 1.165) is 30.3 Å². The lowest BCUT2D eigenvalue weighted by atomic mass is 10.1. The fourth-order valence-electron chi connectivity index (χ4n) is 2.08. The van der Waals surface area contributed by atoms with E-state index in [4.69, 9.17) is 22.1 Å². The van der Waals surface area contributed by atoms with Gasteiger partial charge in [-0.05, 0) is 24.3 Å². The van der Waals surface area contributed by atoms with Crippen LogP contribution < -0.4 is 11.1 Å². The van der Waals surface area contributed by atoms with Crippen LogP contribution in [-0.4, -0.2) is 23.4 Å². The molecule has 8 nitrogen and oxygen atoms in total. The minimum atomic E-state index is -4.71. The molecule has 0 saturated carbocycles. The van der Waals surface area contributed by atoms with Crippen LogP contribution in [0.1, 0.15) is 15.9 Å². The largest absolute Gasteiger partial charge is 0.452 e. The Bertz CT molecular complexity index is 950. The molecule has 0 unspecified atom stereocenters. The lowest BCUT2D eigenvalue weighted by molar-refractivity contribution is -0.384. The van der Waals surface area contributed by atoms with Gasteiger partial charge in [0.2, 0.25) is 0 Å². The number of nitrogens with zero attached hydrogens (tertiary/aromatic N) is 1. The summed E-state index contributed by atoms with van der Waals surface area (Å²) in [6.45, 7) is -0.820. The summed E-state index contributed by atoms with van der Waals surface area (Å²) in [5, 5.41) is 12.2. The van der Waals surface area contributed by atoms with Gasteiger partial charge in [0.05, 0.1) is 26.8 Å². The molecule has 0 atom stereocenters. The number of ether oxygens (including phenoxy) is 1. The highest BCUT2D eigenvalue weighted by atomic mass is 35.5. The van der Waals surface area contributed by atoms with Crippen molar-refractivity contribution in [3.05, 3.63) is 62.7 Å². The zero-order valence-electron chi connectivity index (χ0n) is 13.7. The van der Waals surface area contributed by atoms with Gasteiger partial charge in [-0.3, -0.25) is 14.9 Å². The average Bonchev–Trinajstić information content (AvgIpc) is 2.60. The first-order chi connectivity index (χ1) is 13.0. The molecule has 0 spiro atoms.